The highest BCUT2D eigenvalue weighted by atomic mass is 16.4. The van der Waals surface area contributed by atoms with Crippen LogP contribution in [0.15, 0.2) is 22.6 Å². The number of hydrogen-bond acceptors (Lipinski definition) is 4. The van der Waals surface area contributed by atoms with E-state index in [1.807, 2.05) is 18.2 Å². The molecule has 1 fully saturated rings. The van der Waals surface area contributed by atoms with E-state index in [2.05, 4.69) is 16.8 Å². The maximum absolute atomic E-state index is 5.79. The fourth-order valence-corrected chi connectivity index (χ4v) is 2.72. The summed E-state index contributed by atoms with van der Waals surface area (Å²) in [5, 5.41) is 0. The molecule has 1 aromatic carbocycles. The van der Waals surface area contributed by atoms with E-state index in [1.54, 1.807) is 0 Å². The molecule has 1 aliphatic heterocycles. The molecule has 4 heteroatoms. The third-order valence-corrected chi connectivity index (χ3v) is 3.65. The topological polar surface area (TPSA) is 55.3 Å². The van der Waals surface area contributed by atoms with Crippen molar-refractivity contribution in [3.8, 4) is 0 Å². The van der Waals surface area contributed by atoms with E-state index >= 15 is 0 Å². The van der Waals surface area contributed by atoms with Crippen molar-refractivity contribution in [1.82, 2.24) is 4.98 Å². The van der Waals surface area contributed by atoms with Gasteiger partial charge >= 0.3 is 0 Å². The maximum atomic E-state index is 5.79. The van der Waals surface area contributed by atoms with E-state index in [0.29, 0.717) is 0 Å². The molecule has 0 bridgehead atoms. The summed E-state index contributed by atoms with van der Waals surface area (Å²) in [6, 6.07) is 6.35. The van der Waals surface area contributed by atoms with Gasteiger partial charge in [-0.2, -0.15) is 4.98 Å². The summed E-state index contributed by atoms with van der Waals surface area (Å²) in [5.74, 6) is 0.787. The Morgan fingerprint density at radius 1 is 1.50 bits per heavy atom. The molecule has 2 heterocycles. The van der Waals surface area contributed by atoms with Crippen LogP contribution >= 0.6 is 0 Å². The third-order valence-electron chi connectivity index (χ3n) is 3.65. The van der Waals surface area contributed by atoms with Gasteiger partial charge in [0.15, 0.2) is 5.58 Å². The van der Waals surface area contributed by atoms with Crippen LogP contribution < -0.4 is 10.6 Å². The lowest BCUT2D eigenvalue weighted by Gasteiger charge is -2.12. The molecule has 1 unspecified atom stereocenters. The summed E-state index contributed by atoms with van der Waals surface area (Å²) in [4.78, 5) is 6.78. The number of hydrogen-bond donors (Lipinski definition) is 1. The van der Waals surface area contributed by atoms with E-state index < -0.39 is 0 Å². The van der Waals surface area contributed by atoms with Crippen LogP contribution in [0.3, 0.4) is 0 Å². The Kier molecular flexibility index (Phi) is 2.86. The van der Waals surface area contributed by atoms with Crippen molar-refractivity contribution in [3.05, 3.63) is 18.2 Å². The molecule has 1 aromatic heterocycles. The molecule has 3 rings (SSSR count). The molecule has 4 nitrogen and oxygen atoms in total. The molecule has 0 spiro atoms. The van der Waals surface area contributed by atoms with Gasteiger partial charge in [0.05, 0.1) is 0 Å². The van der Waals surface area contributed by atoms with Gasteiger partial charge in [-0.05, 0) is 37.0 Å². The highest BCUT2D eigenvalue weighted by Crippen LogP contribution is 2.29. The SMILES string of the molecule is CCCC1CCN(c2nc3cc(N)ccc3o2)C1. The Hall–Kier alpha value is -1.71. The normalized spacial score (nSPS) is 19.8. The zero-order valence-corrected chi connectivity index (χ0v) is 10.7. The molecular weight excluding hydrogens is 226 g/mol. The van der Waals surface area contributed by atoms with Crippen LogP contribution in [0.1, 0.15) is 26.2 Å². The fraction of sp³-hybridized carbons (Fsp3) is 0.500. The predicted molar refractivity (Wildman–Crippen MR) is 73.6 cm³/mol. The Morgan fingerprint density at radius 2 is 2.39 bits per heavy atom. The molecular formula is C14H19N3O. The minimum Gasteiger partial charge on any atom is -0.423 e. The number of anilines is 2. The fourth-order valence-electron chi connectivity index (χ4n) is 2.72. The molecule has 0 saturated carbocycles. The number of nitrogen functional groups attached to an aromatic ring is 1. The summed E-state index contributed by atoms with van der Waals surface area (Å²) in [7, 11) is 0. The molecule has 0 radical (unpaired) electrons. The summed E-state index contributed by atoms with van der Waals surface area (Å²) >= 11 is 0. The number of fused-ring (bicyclic) bond motifs is 1. The first-order valence-electron chi connectivity index (χ1n) is 6.67. The van der Waals surface area contributed by atoms with Crippen LogP contribution in [-0.4, -0.2) is 18.1 Å². The lowest BCUT2D eigenvalue weighted by atomic mass is 10.0. The van der Waals surface area contributed by atoms with Gasteiger partial charge in [-0.25, -0.2) is 0 Å². The lowest BCUT2D eigenvalue weighted by Crippen LogP contribution is -2.19. The number of rotatable bonds is 3. The molecule has 0 amide bonds. The molecule has 2 N–H and O–H groups in total. The van der Waals surface area contributed by atoms with E-state index in [4.69, 9.17) is 10.2 Å². The first-order valence-corrected chi connectivity index (χ1v) is 6.67. The van der Waals surface area contributed by atoms with E-state index in [-0.39, 0.29) is 0 Å². The Balaban J connectivity index is 1.82. The number of aromatic nitrogens is 1. The molecule has 1 atom stereocenters. The van der Waals surface area contributed by atoms with Crippen molar-refractivity contribution >= 4 is 22.8 Å². The zero-order valence-electron chi connectivity index (χ0n) is 10.7. The van der Waals surface area contributed by atoms with E-state index in [1.165, 1.54) is 19.3 Å². The number of nitrogens with two attached hydrogens (primary N) is 1. The van der Waals surface area contributed by atoms with Gasteiger partial charge in [0, 0.05) is 18.8 Å². The van der Waals surface area contributed by atoms with Crippen molar-refractivity contribution in [2.45, 2.75) is 26.2 Å². The average Bonchev–Trinajstić information content (AvgIpc) is 2.94. The number of benzene rings is 1. The average molecular weight is 245 g/mol. The van der Waals surface area contributed by atoms with Gasteiger partial charge in [0.1, 0.15) is 5.52 Å². The van der Waals surface area contributed by atoms with Crippen molar-refractivity contribution < 1.29 is 4.42 Å². The van der Waals surface area contributed by atoms with E-state index in [9.17, 15) is 0 Å². The van der Waals surface area contributed by atoms with Gasteiger partial charge in [0.2, 0.25) is 0 Å². The largest absolute Gasteiger partial charge is 0.423 e. The third kappa shape index (κ3) is 2.03. The summed E-state index contributed by atoms with van der Waals surface area (Å²) in [5.41, 5.74) is 8.15. The lowest BCUT2D eigenvalue weighted by molar-refractivity contribution is 0.522. The Bertz CT molecular complexity index is 549. The second-order valence-corrected chi connectivity index (χ2v) is 5.11. The minimum absolute atomic E-state index is 0.729. The minimum atomic E-state index is 0.729. The number of oxazole rings is 1. The van der Waals surface area contributed by atoms with Crippen molar-refractivity contribution in [2.75, 3.05) is 23.7 Å². The first kappa shape index (κ1) is 11.4. The van der Waals surface area contributed by atoms with Gasteiger partial charge < -0.3 is 15.1 Å². The predicted octanol–water partition coefficient (Wildman–Crippen LogP) is 3.04. The zero-order chi connectivity index (χ0) is 12.5. The Morgan fingerprint density at radius 3 is 3.22 bits per heavy atom. The van der Waals surface area contributed by atoms with Crippen molar-refractivity contribution in [1.29, 1.82) is 0 Å². The smallest absolute Gasteiger partial charge is 0.298 e. The van der Waals surface area contributed by atoms with Crippen LogP contribution in [0.2, 0.25) is 0 Å². The van der Waals surface area contributed by atoms with Gasteiger partial charge in [-0.15, -0.1) is 0 Å². The van der Waals surface area contributed by atoms with Crippen molar-refractivity contribution in [3.63, 3.8) is 0 Å². The van der Waals surface area contributed by atoms with Gasteiger partial charge in [-0.3, -0.25) is 0 Å². The van der Waals surface area contributed by atoms with Crippen LogP contribution in [0.4, 0.5) is 11.7 Å². The maximum Gasteiger partial charge on any atom is 0.298 e. The van der Waals surface area contributed by atoms with E-state index in [0.717, 1.165) is 41.8 Å². The van der Waals surface area contributed by atoms with Crippen LogP contribution in [-0.2, 0) is 0 Å². The first-order chi connectivity index (χ1) is 8.76. The highest BCUT2D eigenvalue weighted by Gasteiger charge is 2.25. The highest BCUT2D eigenvalue weighted by molar-refractivity contribution is 5.78. The van der Waals surface area contributed by atoms with Crippen molar-refractivity contribution in [2.24, 2.45) is 5.92 Å². The summed E-state index contributed by atoms with van der Waals surface area (Å²) < 4.78 is 5.79. The summed E-state index contributed by atoms with van der Waals surface area (Å²) in [6.45, 7) is 4.36. The quantitative estimate of drug-likeness (QED) is 0.844. The number of nitrogens with zero attached hydrogens (tertiary/aromatic N) is 2. The monoisotopic (exact) mass is 245 g/mol. The standard InChI is InChI=1S/C14H19N3O/c1-2-3-10-6-7-17(9-10)14-16-12-8-11(15)4-5-13(12)18-14/h4-5,8,10H,2-3,6-7,9,15H2,1H3. The summed E-state index contributed by atoms with van der Waals surface area (Å²) in [6.07, 6.45) is 3.79. The van der Waals surface area contributed by atoms with Crippen LogP contribution in [0.5, 0.6) is 0 Å². The van der Waals surface area contributed by atoms with Gasteiger partial charge in [0.25, 0.3) is 6.01 Å². The molecule has 1 aliphatic rings. The second kappa shape index (κ2) is 4.52. The molecule has 2 aromatic rings. The molecule has 1 saturated heterocycles. The Labute approximate surface area is 107 Å². The second-order valence-electron chi connectivity index (χ2n) is 5.11. The molecule has 18 heavy (non-hydrogen) atoms. The molecule has 0 aliphatic carbocycles. The molecule has 96 valence electrons. The van der Waals surface area contributed by atoms with Gasteiger partial charge in [-0.1, -0.05) is 13.3 Å². The van der Waals surface area contributed by atoms with Crippen LogP contribution in [0, 0.1) is 5.92 Å². The van der Waals surface area contributed by atoms with Crippen LogP contribution in [0.25, 0.3) is 11.1 Å².